The van der Waals surface area contributed by atoms with Crippen molar-refractivity contribution < 1.29 is 22.8 Å². The molecule has 0 radical (unpaired) electrons. The van der Waals surface area contributed by atoms with Crippen molar-refractivity contribution in [1.29, 1.82) is 0 Å². The van der Waals surface area contributed by atoms with Gasteiger partial charge in [-0.15, -0.1) is 0 Å². The highest BCUT2D eigenvalue weighted by Crippen LogP contribution is 2.34. The van der Waals surface area contributed by atoms with Crippen molar-refractivity contribution in [2.24, 2.45) is 11.8 Å². The summed E-state index contributed by atoms with van der Waals surface area (Å²) in [6.45, 7) is 3.37. The lowest BCUT2D eigenvalue weighted by Crippen LogP contribution is -2.54. The van der Waals surface area contributed by atoms with Crippen LogP contribution in [-0.2, 0) is 9.59 Å². The summed E-state index contributed by atoms with van der Waals surface area (Å²) in [5.74, 6) is -0.428. The van der Waals surface area contributed by atoms with Gasteiger partial charge in [-0.3, -0.25) is 14.5 Å². The molecule has 1 saturated carbocycles. The third kappa shape index (κ3) is 5.97. The molecule has 1 saturated heterocycles. The fourth-order valence-electron chi connectivity index (χ4n) is 4.24. The number of hydrogen-bond acceptors (Lipinski definition) is 3. The van der Waals surface area contributed by atoms with Crippen LogP contribution in [0.25, 0.3) is 0 Å². The maximum atomic E-state index is 12.8. The maximum absolute atomic E-state index is 12.8. The average Bonchev–Trinajstić information content (AvgIpc) is 3.60. The molecule has 1 aliphatic carbocycles. The minimum Gasteiger partial charge on any atom is -0.345 e. The van der Waals surface area contributed by atoms with Crippen LogP contribution in [-0.4, -0.2) is 42.5 Å². The van der Waals surface area contributed by atoms with Crippen LogP contribution in [0.2, 0.25) is 0 Å². The minimum atomic E-state index is -4.27. The first-order valence-corrected chi connectivity index (χ1v) is 11.7. The fraction of sp³-hybridized carbons (Fsp3) is 0.462. The molecular formula is C26H30F3N3O2. The van der Waals surface area contributed by atoms with E-state index in [2.05, 4.69) is 24.5 Å². The van der Waals surface area contributed by atoms with Gasteiger partial charge in [0.05, 0.1) is 18.5 Å². The van der Waals surface area contributed by atoms with Crippen LogP contribution in [0, 0.1) is 11.8 Å². The minimum absolute atomic E-state index is 0.0131. The van der Waals surface area contributed by atoms with Gasteiger partial charge in [-0.05, 0) is 36.0 Å². The Bertz CT molecular complexity index is 1030. The Morgan fingerprint density at radius 1 is 0.941 bits per heavy atom. The second-order valence-electron chi connectivity index (χ2n) is 9.62. The Morgan fingerprint density at radius 2 is 1.56 bits per heavy atom. The normalized spacial score (nSPS) is 17.8. The first-order valence-electron chi connectivity index (χ1n) is 11.7. The zero-order chi connectivity index (χ0) is 24.5. The summed E-state index contributed by atoms with van der Waals surface area (Å²) >= 11 is 0. The van der Waals surface area contributed by atoms with Crippen LogP contribution >= 0.6 is 0 Å². The van der Waals surface area contributed by atoms with Crippen molar-refractivity contribution in [2.45, 2.75) is 44.8 Å². The van der Waals surface area contributed by atoms with E-state index in [1.807, 2.05) is 36.4 Å². The smallest absolute Gasteiger partial charge is 0.345 e. The molecule has 2 aliphatic rings. The first kappa shape index (κ1) is 24.3. The summed E-state index contributed by atoms with van der Waals surface area (Å²) < 4.78 is 37.7. The monoisotopic (exact) mass is 473 g/mol. The molecule has 0 aromatic heterocycles. The van der Waals surface area contributed by atoms with E-state index in [-0.39, 0.29) is 30.8 Å². The molecule has 1 heterocycles. The Labute approximate surface area is 197 Å². The van der Waals surface area contributed by atoms with E-state index >= 15 is 0 Å². The number of likely N-dealkylation sites (tertiary alicyclic amines) is 1. The van der Waals surface area contributed by atoms with Gasteiger partial charge in [0.2, 0.25) is 11.8 Å². The third-order valence-electron chi connectivity index (χ3n) is 6.43. The van der Waals surface area contributed by atoms with E-state index < -0.39 is 24.7 Å². The van der Waals surface area contributed by atoms with Gasteiger partial charge in [-0.1, -0.05) is 56.3 Å². The Balaban J connectivity index is 1.53. The number of anilines is 1. The van der Waals surface area contributed by atoms with Gasteiger partial charge in [0.25, 0.3) is 0 Å². The summed E-state index contributed by atoms with van der Waals surface area (Å²) in [6, 6.07) is 14.9. The molecule has 0 spiro atoms. The fourth-order valence-corrected chi connectivity index (χ4v) is 4.24. The SMILES string of the molecule is CC(C)c1ccc(C(NC(=O)C2CC2)c2ccccc2NC(=O)C2CN(CC(F)(F)F)C2)cc1. The third-order valence-corrected chi connectivity index (χ3v) is 6.43. The molecule has 0 bridgehead atoms. The van der Waals surface area contributed by atoms with Gasteiger partial charge in [-0.25, -0.2) is 0 Å². The number of halogens is 3. The van der Waals surface area contributed by atoms with E-state index in [1.165, 1.54) is 10.5 Å². The molecule has 182 valence electrons. The number of alkyl halides is 3. The zero-order valence-electron chi connectivity index (χ0n) is 19.4. The molecule has 2 amide bonds. The number of nitrogens with zero attached hydrogens (tertiary/aromatic N) is 1. The highest BCUT2D eigenvalue weighted by atomic mass is 19.4. The summed E-state index contributed by atoms with van der Waals surface area (Å²) in [5, 5.41) is 6.04. The number of rotatable bonds is 8. The molecule has 8 heteroatoms. The van der Waals surface area contributed by atoms with Gasteiger partial charge in [-0.2, -0.15) is 13.2 Å². The molecule has 34 heavy (non-hydrogen) atoms. The predicted molar refractivity (Wildman–Crippen MR) is 124 cm³/mol. The summed E-state index contributed by atoms with van der Waals surface area (Å²) in [4.78, 5) is 26.7. The van der Waals surface area contributed by atoms with Crippen molar-refractivity contribution in [2.75, 3.05) is 25.0 Å². The number of para-hydroxylation sites is 1. The Hall–Kier alpha value is -2.87. The second-order valence-corrected chi connectivity index (χ2v) is 9.62. The summed E-state index contributed by atoms with van der Waals surface area (Å²) in [7, 11) is 0. The lowest BCUT2D eigenvalue weighted by Gasteiger charge is -2.38. The van der Waals surface area contributed by atoms with Gasteiger partial charge >= 0.3 is 6.18 Å². The van der Waals surface area contributed by atoms with E-state index in [4.69, 9.17) is 0 Å². The van der Waals surface area contributed by atoms with Crippen LogP contribution in [0.3, 0.4) is 0 Å². The van der Waals surface area contributed by atoms with Gasteiger partial charge in [0.15, 0.2) is 0 Å². The van der Waals surface area contributed by atoms with Gasteiger partial charge in [0, 0.05) is 30.3 Å². The van der Waals surface area contributed by atoms with E-state index in [0.29, 0.717) is 11.6 Å². The van der Waals surface area contributed by atoms with Gasteiger partial charge < -0.3 is 10.6 Å². The highest BCUT2D eigenvalue weighted by Gasteiger charge is 2.40. The summed E-state index contributed by atoms with van der Waals surface area (Å²) in [5.41, 5.74) is 3.38. The standard InChI is InChI=1S/C26H30F3N3O2/c1-16(2)17-7-9-18(10-8-17)23(31-24(33)19-11-12-19)21-5-3-4-6-22(21)30-25(34)20-13-32(14-20)15-26(27,28)29/h3-10,16,19-20,23H,11-15H2,1-2H3,(H,30,34)(H,31,33). The van der Waals surface area contributed by atoms with E-state index in [9.17, 15) is 22.8 Å². The Kier molecular flexibility index (Phi) is 6.98. The molecule has 1 unspecified atom stereocenters. The van der Waals surface area contributed by atoms with Crippen LogP contribution in [0.1, 0.15) is 55.3 Å². The lowest BCUT2D eigenvalue weighted by molar-refractivity contribution is -0.162. The number of amides is 2. The second kappa shape index (κ2) is 9.78. The van der Waals surface area contributed by atoms with Gasteiger partial charge in [0.1, 0.15) is 0 Å². The van der Waals surface area contributed by atoms with Crippen molar-refractivity contribution in [3.63, 3.8) is 0 Å². The molecular weight excluding hydrogens is 443 g/mol. The predicted octanol–water partition coefficient (Wildman–Crippen LogP) is 4.86. The van der Waals surface area contributed by atoms with Crippen molar-refractivity contribution in [3.8, 4) is 0 Å². The van der Waals surface area contributed by atoms with Crippen LogP contribution in [0.4, 0.5) is 18.9 Å². The number of nitrogens with one attached hydrogen (secondary N) is 2. The summed E-state index contributed by atoms with van der Waals surface area (Å²) in [6.07, 6.45) is -2.52. The van der Waals surface area contributed by atoms with Crippen LogP contribution in [0.15, 0.2) is 48.5 Å². The molecule has 2 N–H and O–H groups in total. The highest BCUT2D eigenvalue weighted by molar-refractivity contribution is 5.94. The number of benzene rings is 2. The molecule has 2 aromatic rings. The maximum Gasteiger partial charge on any atom is 0.401 e. The quantitative estimate of drug-likeness (QED) is 0.576. The van der Waals surface area contributed by atoms with Crippen LogP contribution in [0.5, 0.6) is 0 Å². The number of carbonyl (C=O) groups excluding carboxylic acids is 2. The van der Waals surface area contributed by atoms with Crippen LogP contribution < -0.4 is 10.6 Å². The average molecular weight is 474 g/mol. The first-order chi connectivity index (χ1) is 16.1. The number of carbonyl (C=O) groups is 2. The zero-order valence-corrected chi connectivity index (χ0v) is 19.4. The van der Waals surface area contributed by atoms with Crippen molar-refractivity contribution >= 4 is 17.5 Å². The lowest BCUT2D eigenvalue weighted by atomic mass is 9.93. The van der Waals surface area contributed by atoms with E-state index in [1.54, 1.807) is 12.1 Å². The molecule has 1 aliphatic heterocycles. The number of hydrogen-bond donors (Lipinski definition) is 2. The molecule has 1 atom stereocenters. The Morgan fingerprint density at radius 3 is 2.15 bits per heavy atom. The largest absolute Gasteiger partial charge is 0.401 e. The molecule has 4 rings (SSSR count). The molecule has 2 fully saturated rings. The van der Waals surface area contributed by atoms with E-state index in [0.717, 1.165) is 24.0 Å². The topological polar surface area (TPSA) is 61.4 Å². The van der Waals surface area contributed by atoms with Crippen molar-refractivity contribution in [1.82, 2.24) is 10.2 Å². The van der Waals surface area contributed by atoms with Crippen molar-refractivity contribution in [3.05, 3.63) is 65.2 Å². The molecule has 5 nitrogen and oxygen atoms in total. The molecule has 2 aromatic carbocycles.